The van der Waals surface area contributed by atoms with Crippen LogP contribution < -0.4 is 29.6 Å². The van der Waals surface area contributed by atoms with E-state index in [1.807, 2.05) is 6.07 Å². The number of benzene rings is 2. The van der Waals surface area contributed by atoms with Gasteiger partial charge in [0.2, 0.25) is 0 Å². The molecule has 0 amide bonds. The van der Waals surface area contributed by atoms with Crippen molar-refractivity contribution in [3.63, 3.8) is 0 Å². The summed E-state index contributed by atoms with van der Waals surface area (Å²) in [5.74, 6) is 0. The third-order valence-corrected chi connectivity index (χ3v) is 4.29. The summed E-state index contributed by atoms with van der Waals surface area (Å²) in [7, 11) is -4.13. The molecule has 0 atom stereocenters. The minimum Gasteiger partial charge on any atom is -0.343 e. The summed E-state index contributed by atoms with van der Waals surface area (Å²) in [6, 6.07) is 11.8. The van der Waals surface area contributed by atoms with Crippen molar-refractivity contribution in [2.45, 2.75) is 50.3 Å². The van der Waals surface area contributed by atoms with Gasteiger partial charge in [-0.15, -0.1) is 0 Å². The Balaban J connectivity index is 0.000000469. The molecule has 0 unspecified atom stereocenters. The van der Waals surface area contributed by atoms with Gasteiger partial charge in [-0.1, -0.05) is 75.4 Å². The standard InChI is InChI=1S/C10H8O3S.C8H17.Na/c11-14(12,13)10-7-3-5-8-4-1-2-6-9(8)10;1-3-5-7-8-6-4-2;/h1-7H,(H,11,12,13);1,3-8H2,2H3;/q;-1;+1. The maximum atomic E-state index is 11.0. The maximum absolute atomic E-state index is 11.0. The SMILES string of the molecule is O=S(=O)(O)c1cccc2ccccc12.[CH2-]CCCCCCC.[Na+]. The first kappa shape index (κ1) is 22.6. The summed E-state index contributed by atoms with van der Waals surface area (Å²) in [5.41, 5.74) is 0. The zero-order valence-electron chi connectivity index (χ0n) is 14.2. The number of unbranched alkanes of at least 4 members (excludes halogenated alkanes) is 5. The van der Waals surface area contributed by atoms with Crippen LogP contribution in [0.4, 0.5) is 0 Å². The second-order valence-corrected chi connectivity index (χ2v) is 6.61. The Morgan fingerprint density at radius 1 is 0.957 bits per heavy atom. The predicted molar refractivity (Wildman–Crippen MR) is 92.5 cm³/mol. The minimum absolute atomic E-state index is 0. The van der Waals surface area contributed by atoms with Crippen LogP contribution in [0.3, 0.4) is 0 Å². The predicted octanol–water partition coefficient (Wildman–Crippen LogP) is 2.27. The van der Waals surface area contributed by atoms with Gasteiger partial charge in [0.05, 0.1) is 0 Å². The van der Waals surface area contributed by atoms with E-state index in [1.54, 1.807) is 30.3 Å². The van der Waals surface area contributed by atoms with Crippen molar-refractivity contribution in [2.75, 3.05) is 0 Å². The largest absolute Gasteiger partial charge is 1.00 e. The molecule has 2 aromatic carbocycles. The molecule has 23 heavy (non-hydrogen) atoms. The van der Waals surface area contributed by atoms with Crippen molar-refractivity contribution in [3.8, 4) is 0 Å². The van der Waals surface area contributed by atoms with E-state index in [1.165, 1.54) is 38.2 Å². The molecule has 0 saturated heterocycles. The Morgan fingerprint density at radius 3 is 2.17 bits per heavy atom. The zero-order valence-corrected chi connectivity index (χ0v) is 17.0. The van der Waals surface area contributed by atoms with Crippen molar-refractivity contribution < 1.29 is 42.5 Å². The molecule has 3 nitrogen and oxygen atoms in total. The third kappa shape index (κ3) is 8.32. The van der Waals surface area contributed by atoms with E-state index in [4.69, 9.17) is 4.55 Å². The van der Waals surface area contributed by atoms with Gasteiger partial charge < -0.3 is 6.92 Å². The summed E-state index contributed by atoms with van der Waals surface area (Å²) in [6.45, 7) is 6.02. The van der Waals surface area contributed by atoms with Gasteiger partial charge in [-0.2, -0.15) is 14.8 Å². The number of rotatable bonds is 6. The number of hydrogen-bond donors (Lipinski definition) is 1. The normalized spacial score (nSPS) is 10.6. The first-order valence-electron chi connectivity index (χ1n) is 7.75. The fraction of sp³-hybridized carbons (Fsp3) is 0.389. The topological polar surface area (TPSA) is 54.4 Å². The molecule has 0 aliphatic rings. The molecule has 1 N–H and O–H groups in total. The quantitative estimate of drug-likeness (QED) is 0.379. The zero-order chi connectivity index (χ0) is 16.4. The Hall–Kier alpha value is -0.390. The van der Waals surface area contributed by atoms with Crippen molar-refractivity contribution in [2.24, 2.45) is 0 Å². The van der Waals surface area contributed by atoms with Gasteiger partial charge >= 0.3 is 29.6 Å². The van der Waals surface area contributed by atoms with E-state index in [-0.39, 0.29) is 34.5 Å². The molecule has 5 heteroatoms. The molecule has 0 aliphatic heterocycles. The molecule has 0 heterocycles. The second-order valence-electron chi connectivity index (χ2n) is 5.22. The smallest absolute Gasteiger partial charge is 0.343 e. The van der Waals surface area contributed by atoms with E-state index >= 15 is 0 Å². The first-order chi connectivity index (χ1) is 10.5. The van der Waals surface area contributed by atoms with E-state index in [0.29, 0.717) is 5.39 Å². The Labute approximate surface area is 162 Å². The van der Waals surface area contributed by atoms with E-state index in [0.717, 1.165) is 11.8 Å². The Bertz CT molecular complexity index is 658. The molecule has 0 fully saturated rings. The van der Waals surface area contributed by atoms with Crippen molar-refractivity contribution >= 4 is 20.9 Å². The fourth-order valence-electron chi connectivity index (χ4n) is 2.20. The van der Waals surface area contributed by atoms with Crippen LogP contribution in [0, 0.1) is 6.92 Å². The molecule has 0 aliphatic carbocycles. The average molecular weight is 344 g/mol. The molecule has 2 aromatic rings. The Kier molecular flexibility index (Phi) is 11.8. The van der Waals surface area contributed by atoms with Gasteiger partial charge in [0.25, 0.3) is 10.1 Å². The van der Waals surface area contributed by atoms with Crippen LogP contribution in [-0.2, 0) is 10.1 Å². The maximum Gasteiger partial charge on any atom is 1.00 e. The molecular weight excluding hydrogens is 319 g/mol. The van der Waals surface area contributed by atoms with E-state index in [9.17, 15) is 8.42 Å². The molecule has 0 radical (unpaired) electrons. The second kappa shape index (κ2) is 12.0. The molecule has 0 saturated carbocycles. The molecule has 122 valence electrons. The molecule has 0 spiro atoms. The number of hydrogen-bond acceptors (Lipinski definition) is 2. The van der Waals surface area contributed by atoms with Crippen LogP contribution in [0.15, 0.2) is 47.4 Å². The monoisotopic (exact) mass is 344 g/mol. The van der Waals surface area contributed by atoms with Gasteiger partial charge in [0, 0.05) is 5.39 Å². The minimum atomic E-state index is -4.13. The molecule has 0 aromatic heterocycles. The van der Waals surface area contributed by atoms with Crippen LogP contribution >= 0.6 is 0 Å². The Morgan fingerprint density at radius 2 is 1.57 bits per heavy atom. The summed E-state index contributed by atoms with van der Waals surface area (Å²) < 4.78 is 31.0. The summed E-state index contributed by atoms with van der Waals surface area (Å²) in [5, 5.41) is 1.33. The summed E-state index contributed by atoms with van der Waals surface area (Å²) >= 11 is 0. The van der Waals surface area contributed by atoms with Crippen LogP contribution in [0.5, 0.6) is 0 Å². The van der Waals surface area contributed by atoms with Gasteiger partial charge in [-0.25, -0.2) is 0 Å². The summed E-state index contributed by atoms with van der Waals surface area (Å²) in [4.78, 5) is -0.0457. The molecular formula is C18H25NaO3S. The van der Waals surface area contributed by atoms with Gasteiger partial charge in [-0.3, -0.25) is 4.55 Å². The van der Waals surface area contributed by atoms with Gasteiger partial charge in [0.1, 0.15) is 4.90 Å². The van der Waals surface area contributed by atoms with Crippen LogP contribution in [-0.4, -0.2) is 13.0 Å². The van der Waals surface area contributed by atoms with Crippen molar-refractivity contribution in [1.29, 1.82) is 0 Å². The third-order valence-electron chi connectivity index (χ3n) is 3.38. The molecule has 0 bridgehead atoms. The fourth-order valence-corrected chi connectivity index (χ4v) is 2.92. The van der Waals surface area contributed by atoms with Crippen molar-refractivity contribution in [3.05, 3.63) is 49.4 Å². The van der Waals surface area contributed by atoms with E-state index < -0.39 is 10.1 Å². The van der Waals surface area contributed by atoms with Crippen LogP contribution in [0.2, 0.25) is 0 Å². The van der Waals surface area contributed by atoms with Gasteiger partial charge in [0.15, 0.2) is 0 Å². The van der Waals surface area contributed by atoms with Gasteiger partial charge in [-0.05, 0) is 11.5 Å². The molecule has 2 rings (SSSR count). The van der Waals surface area contributed by atoms with Crippen LogP contribution in [0.1, 0.15) is 45.4 Å². The first-order valence-corrected chi connectivity index (χ1v) is 9.19. The summed E-state index contributed by atoms with van der Waals surface area (Å²) in [6.07, 6.45) is 7.98. The number of fused-ring (bicyclic) bond motifs is 1. The van der Waals surface area contributed by atoms with Crippen LogP contribution in [0.25, 0.3) is 10.8 Å². The van der Waals surface area contributed by atoms with E-state index in [2.05, 4.69) is 13.8 Å². The average Bonchev–Trinajstić information content (AvgIpc) is 2.51. The van der Waals surface area contributed by atoms with Crippen molar-refractivity contribution in [1.82, 2.24) is 0 Å².